The molecule has 0 spiro atoms. The van der Waals surface area contributed by atoms with E-state index in [1.54, 1.807) is 0 Å². The number of hydrogen-bond acceptors (Lipinski definition) is 2. The lowest BCUT2D eigenvalue weighted by molar-refractivity contribution is 0.492. The zero-order chi connectivity index (χ0) is 7.40. The van der Waals surface area contributed by atoms with Crippen molar-refractivity contribution in [2.24, 2.45) is 5.92 Å². The van der Waals surface area contributed by atoms with Gasteiger partial charge in [-0.2, -0.15) is 0 Å². The summed E-state index contributed by atoms with van der Waals surface area (Å²) in [6.07, 6.45) is 4.89. The maximum atomic E-state index is 10.0. The number of hydrogen-bond donors (Lipinski definition) is 1. The average Bonchev–Trinajstić information content (AvgIpc) is 2.34. The van der Waals surface area contributed by atoms with Gasteiger partial charge < -0.3 is 4.55 Å². The van der Waals surface area contributed by atoms with Gasteiger partial charge in [0.15, 0.2) is 0 Å². The van der Waals surface area contributed by atoms with E-state index in [1.165, 1.54) is 25.7 Å². The summed E-state index contributed by atoms with van der Waals surface area (Å²) in [4.78, 5) is 0. The highest BCUT2D eigenvalue weighted by Crippen LogP contribution is 2.23. The molecule has 1 saturated carbocycles. The van der Waals surface area contributed by atoms with Gasteiger partial charge >= 0.3 is 0 Å². The van der Waals surface area contributed by atoms with E-state index in [2.05, 4.69) is 4.72 Å². The molecule has 0 bridgehead atoms. The first kappa shape index (κ1) is 8.17. The Morgan fingerprint density at radius 3 is 2.60 bits per heavy atom. The highest BCUT2D eigenvalue weighted by Gasteiger charge is 2.13. The molecule has 1 unspecified atom stereocenters. The molecule has 1 N–H and O–H groups in total. The van der Waals surface area contributed by atoms with Crippen LogP contribution < -0.4 is 4.72 Å². The third kappa shape index (κ3) is 2.77. The Morgan fingerprint density at radius 2 is 2.10 bits per heavy atom. The third-order valence-electron chi connectivity index (χ3n) is 1.96. The first-order valence-corrected chi connectivity index (χ1v) is 4.69. The van der Waals surface area contributed by atoms with Crippen LogP contribution in [0.2, 0.25) is 0 Å². The quantitative estimate of drug-likeness (QED) is 0.616. The zero-order valence-corrected chi connectivity index (χ0v) is 6.65. The molecule has 1 fully saturated rings. The summed E-state index contributed by atoms with van der Waals surface area (Å²) in [5, 5.41) is 0. The van der Waals surface area contributed by atoms with Crippen LogP contribution in [0.5, 0.6) is 0 Å². The van der Waals surface area contributed by atoms with Gasteiger partial charge in [0.05, 0.1) is 0 Å². The largest absolute Gasteiger partial charge is 0.760 e. The van der Waals surface area contributed by atoms with E-state index < -0.39 is 11.3 Å². The minimum absolute atomic E-state index is 0.595. The van der Waals surface area contributed by atoms with Crippen molar-refractivity contribution in [3.8, 4) is 0 Å². The molecule has 0 radical (unpaired) electrons. The molecule has 60 valence electrons. The van der Waals surface area contributed by atoms with Crippen molar-refractivity contribution in [2.75, 3.05) is 6.54 Å². The molecule has 0 aromatic heterocycles. The number of nitrogens with one attached hydrogen (secondary N) is 1. The van der Waals surface area contributed by atoms with Gasteiger partial charge in [0.2, 0.25) is 0 Å². The monoisotopic (exact) mass is 162 g/mol. The van der Waals surface area contributed by atoms with Crippen molar-refractivity contribution in [3.05, 3.63) is 0 Å². The minimum Gasteiger partial charge on any atom is -0.760 e. The second kappa shape index (κ2) is 4.05. The van der Waals surface area contributed by atoms with Crippen molar-refractivity contribution in [3.63, 3.8) is 0 Å². The summed E-state index contributed by atoms with van der Waals surface area (Å²) in [6.45, 7) is 0.635. The zero-order valence-electron chi connectivity index (χ0n) is 5.84. The molecule has 0 amide bonds. The molecule has 1 aliphatic carbocycles. The predicted octanol–water partition coefficient (Wildman–Crippen LogP) is 0.560. The Kier molecular flexibility index (Phi) is 3.31. The highest BCUT2D eigenvalue weighted by atomic mass is 32.2. The van der Waals surface area contributed by atoms with E-state index in [1.807, 2.05) is 0 Å². The molecule has 0 aliphatic heterocycles. The average molecular weight is 162 g/mol. The second-order valence-electron chi connectivity index (χ2n) is 2.73. The molecule has 1 rings (SSSR count). The molecular formula is C6H12NO2S-. The molecule has 1 atom stereocenters. The van der Waals surface area contributed by atoms with Gasteiger partial charge in [0.1, 0.15) is 0 Å². The molecule has 3 nitrogen and oxygen atoms in total. The van der Waals surface area contributed by atoms with Gasteiger partial charge in [-0.25, -0.2) is 4.72 Å². The van der Waals surface area contributed by atoms with E-state index >= 15 is 0 Å². The SMILES string of the molecule is O=S([O-])NCC1CCCC1. The summed E-state index contributed by atoms with van der Waals surface area (Å²) in [5.41, 5.74) is 0. The lowest BCUT2D eigenvalue weighted by Crippen LogP contribution is -2.22. The summed E-state index contributed by atoms with van der Waals surface area (Å²) < 4.78 is 22.5. The topological polar surface area (TPSA) is 52.2 Å². The molecule has 4 heteroatoms. The lowest BCUT2D eigenvalue weighted by atomic mass is 10.1. The Balaban J connectivity index is 2.07. The minimum atomic E-state index is -2.06. The van der Waals surface area contributed by atoms with Crippen LogP contribution in [0.4, 0.5) is 0 Å². The van der Waals surface area contributed by atoms with Gasteiger partial charge in [0.25, 0.3) is 0 Å². The van der Waals surface area contributed by atoms with Crippen LogP contribution in [0.25, 0.3) is 0 Å². The van der Waals surface area contributed by atoms with E-state index in [9.17, 15) is 8.76 Å². The van der Waals surface area contributed by atoms with Crippen LogP contribution in [-0.4, -0.2) is 15.3 Å². The molecule has 0 saturated heterocycles. The van der Waals surface area contributed by atoms with E-state index in [-0.39, 0.29) is 0 Å². The van der Waals surface area contributed by atoms with Crippen molar-refractivity contribution in [2.45, 2.75) is 25.7 Å². The van der Waals surface area contributed by atoms with Gasteiger partial charge in [-0.05, 0) is 18.8 Å². The van der Waals surface area contributed by atoms with E-state index in [4.69, 9.17) is 0 Å². The maximum absolute atomic E-state index is 10.0. The standard InChI is InChI=1S/C6H13NO2S/c8-10(9)7-5-6-3-1-2-4-6/h6-7H,1-5H2,(H,8,9)/p-1. The molecule has 1 aliphatic rings. The Labute approximate surface area is 63.6 Å². The lowest BCUT2D eigenvalue weighted by Gasteiger charge is -2.11. The van der Waals surface area contributed by atoms with Gasteiger partial charge in [-0.15, -0.1) is 0 Å². The number of rotatable bonds is 3. The second-order valence-corrected chi connectivity index (χ2v) is 3.49. The van der Waals surface area contributed by atoms with Crippen molar-refractivity contribution < 1.29 is 8.76 Å². The molecule has 10 heavy (non-hydrogen) atoms. The van der Waals surface area contributed by atoms with Crippen LogP contribution >= 0.6 is 0 Å². The summed E-state index contributed by atoms with van der Waals surface area (Å²) in [6, 6.07) is 0. The van der Waals surface area contributed by atoms with Crippen LogP contribution in [0.15, 0.2) is 0 Å². The highest BCUT2D eigenvalue weighted by molar-refractivity contribution is 7.77. The fourth-order valence-electron chi connectivity index (χ4n) is 1.40. The van der Waals surface area contributed by atoms with E-state index in [0.29, 0.717) is 12.5 Å². The van der Waals surface area contributed by atoms with Crippen molar-refractivity contribution in [1.29, 1.82) is 0 Å². The summed E-state index contributed by atoms with van der Waals surface area (Å²) in [5.74, 6) is 0.595. The van der Waals surface area contributed by atoms with Crippen LogP contribution in [0.3, 0.4) is 0 Å². The maximum Gasteiger partial charge on any atom is 0.0181 e. The van der Waals surface area contributed by atoms with Crippen LogP contribution in [0.1, 0.15) is 25.7 Å². The Morgan fingerprint density at radius 1 is 1.50 bits per heavy atom. The third-order valence-corrected chi connectivity index (χ3v) is 2.37. The van der Waals surface area contributed by atoms with Gasteiger partial charge in [0, 0.05) is 17.8 Å². The smallest absolute Gasteiger partial charge is 0.0181 e. The van der Waals surface area contributed by atoms with Gasteiger partial charge in [-0.1, -0.05) is 12.8 Å². The first-order chi connectivity index (χ1) is 4.79. The molecule has 0 aromatic carbocycles. The van der Waals surface area contributed by atoms with E-state index in [0.717, 1.165) is 0 Å². The fraction of sp³-hybridized carbons (Fsp3) is 1.00. The van der Waals surface area contributed by atoms with Crippen LogP contribution in [-0.2, 0) is 11.3 Å². The van der Waals surface area contributed by atoms with Crippen LogP contribution in [0, 0.1) is 5.92 Å². The Bertz CT molecular complexity index is 123. The van der Waals surface area contributed by atoms with Crippen molar-refractivity contribution in [1.82, 2.24) is 4.72 Å². The van der Waals surface area contributed by atoms with Crippen molar-refractivity contribution >= 4 is 11.3 Å². The Hall–Kier alpha value is 0.0700. The molecule has 0 aromatic rings. The normalized spacial score (nSPS) is 23.3. The molecular weight excluding hydrogens is 150 g/mol. The first-order valence-electron chi connectivity index (χ1n) is 3.62. The predicted molar refractivity (Wildman–Crippen MR) is 38.9 cm³/mol. The summed E-state index contributed by atoms with van der Waals surface area (Å²) >= 11 is -2.06. The molecule has 0 heterocycles. The van der Waals surface area contributed by atoms with Gasteiger partial charge in [-0.3, -0.25) is 4.21 Å². The summed E-state index contributed by atoms with van der Waals surface area (Å²) in [7, 11) is 0. The fourth-order valence-corrected chi connectivity index (χ4v) is 1.77.